The van der Waals surface area contributed by atoms with Gasteiger partial charge in [-0.2, -0.15) is 5.26 Å². The Bertz CT molecular complexity index is 225. The summed E-state index contributed by atoms with van der Waals surface area (Å²) in [7, 11) is 0. The first-order valence-electron chi connectivity index (χ1n) is 5.81. The molecule has 1 saturated carbocycles. The summed E-state index contributed by atoms with van der Waals surface area (Å²) in [5.74, 6) is 0.130. The van der Waals surface area contributed by atoms with Crippen molar-refractivity contribution in [1.29, 1.82) is 5.26 Å². The summed E-state index contributed by atoms with van der Waals surface area (Å²) in [5, 5.41) is 8.93. The lowest BCUT2D eigenvalue weighted by Crippen LogP contribution is -2.18. The number of unbranched alkanes of at least 4 members (excludes halogenated alkanes) is 2. The maximum Gasteiger partial charge on any atom is 0.0841 e. The van der Waals surface area contributed by atoms with Crippen LogP contribution in [0, 0.1) is 17.2 Å². The van der Waals surface area contributed by atoms with Gasteiger partial charge in [0, 0.05) is 12.3 Å². The molecule has 0 aliphatic heterocycles. The molecule has 2 nitrogen and oxygen atoms in total. The van der Waals surface area contributed by atoms with Crippen LogP contribution in [-0.4, -0.2) is 12.3 Å². The molecule has 0 radical (unpaired) electrons. The fourth-order valence-electron chi connectivity index (χ4n) is 1.91. The lowest BCUT2D eigenvalue weighted by atomic mass is 9.88. The van der Waals surface area contributed by atoms with Crippen LogP contribution in [0.25, 0.3) is 0 Å². The van der Waals surface area contributed by atoms with Crippen molar-refractivity contribution in [1.82, 2.24) is 0 Å². The van der Waals surface area contributed by atoms with Crippen LogP contribution < -0.4 is 0 Å². The third kappa shape index (κ3) is 3.49. The van der Waals surface area contributed by atoms with Gasteiger partial charge < -0.3 is 0 Å². The molecule has 0 aromatic heterocycles. The van der Waals surface area contributed by atoms with Crippen LogP contribution >= 0.6 is 0 Å². The molecule has 1 atom stereocenters. The highest BCUT2D eigenvalue weighted by molar-refractivity contribution is 5.89. The van der Waals surface area contributed by atoms with Gasteiger partial charge in [-0.05, 0) is 25.7 Å². The van der Waals surface area contributed by atoms with Crippen molar-refractivity contribution in [3.8, 4) is 6.07 Å². The van der Waals surface area contributed by atoms with E-state index in [4.69, 9.17) is 5.26 Å². The summed E-state index contributed by atoms with van der Waals surface area (Å²) >= 11 is 0. The van der Waals surface area contributed by atoms with Gasteiger partial charge in [-0.25, -0.2) is 0 Å². The van der Waals surface area contributed by atoms with E-state index in [1.807, 2.05) is 0 Å². The van der Waals surface area contributed by atoms with E-state index in [0.29, 0.717) is 0 Å². The van der Waals surface area contributed by atoms with Crippen molar-refractivity contribution in [2.24, 2.45) is 10.9 Å². The Kier molecular flexibility index (Phi) is 5.29. The molecule has 2 heteroatoms. The van der Waals surface area contributed by atoms with Crippen molar-refractivity contribution in [3.63, 3.8) is 0 Å². The first kappa shape index (κ1) is 11.2. The zero-order chi connectivity index (χ0) is 10.2. The summed E-state index contributed by atoms with van der Waals surface area (Å²) in [6, 6.07) is 2.36. The van der Waals surface area contributed by atoms with Crippen LogP contribution in [0.5, 0.6) is 0 Å². The van der Waals surface area contributed by atoms with Crippen molar-refractivity contribution < 1.29 is 0 Å². The van der Waals surface area contributed by atoms with Crippen molar-refractivity contribution in [2.75, 3.05) is 6.54 Å². The molecule has 0 spiro atoms. The summed E-state index contributed by atoms with van der Waals surface area (Å²) in [5.41, 5.74) is 1.18. The third-order valence-electron chi connectivity index (χ3n) is 2.81. The van der Waals surface area contributed by atoms with Crippen molar-refractivity contribution in [2.45, 2.75) is 51.9 Å². The van der Waals surface area contributed by atoms with E-state index < -0.39 is 0 Å². The summed E-state index contributed by atoms with van der Waals surface area (Å²) in [4.78, 5) is 4.57. The van der Waals surface area contributed by atoms with Gasteiger partial charge in [0.25, 0.3) is 0 Å². The second kappa shape index (κ2) is 6.59. The predicted octanol–water partition coefficient (Wildman–Crippen LogP) is 3.33. The average molecular weight is 192 g/mol. The minimum Gasteiger partial charge on any atom is -0.293 e. The van der Waals surface area contributed by atoms with Gasteiger partial charge in [-0.1, -0.05) is 26.2 Å². The molecule has 1 unspecified atom stereocenters. The molecule has 1 fully saturated rings. The lowest BCUT2D eigenvalue weighted by molar-refractivity contribution is 0.596. The van der Waals surface area contributed by atoms with E-state index >= 15 is 0 Å². The molecule has 14 heavy (non-hydrogen) atoms. The van der Waals surface area contributed by atoms with E-state index in [1.165, 1.54) is 37.8 Å². The summed E-state index contributed by atoms with van der Waals surface area (Å²) in [6.45, 7) is 3.13. The number of nitrogens with zero attached hydrogens (tertiary/aromatic N) is 2. The van der Waals surface area contributed by atoms with Crippen LogP contribution in [0.3, 0.4) is 0 Å². The van der Waals surface area contributed by atoms with E-state index in [9.17, 15) is 0 Å². The quantitative estimate of drug-likeness (QED) is 0.629. The summed E-state index contributed by atoms with van der Waals surface area (Å²) < 4.78 is 0. The second-order valence-electron chi connectivity index (χ2n) is 4.01. The normalized spacial score (nSPS) is 24.9. The van der Waals surface area contributed by atoms with Crippen LogP contribution in [0.4, 0.5) is 0 Å². The Labute approximate surface area is 87.0 Å². The molecule has 0 amide bonds. The topological polar surface area (TPSA) is 36.1 Å². The van der Waals surface area contributed by atoms with Crippen LogP contribution in [0.1, 0.15) is 51.9 Å². The maximum atomic E-state index is 8.93. The number of hydrogen-bond donors (Lipinski definition) is 0. The number of aliphatic imine (C=N–C) groups is 1. The molecule has 1 aliphatic rings. The highest BCUT2D eigenvalue weighted by Gasteiger charge is 2.18. The monoisotopic (exact) mass is 192 g/mol. The molecular formula is C12H20N2. The van der Waals surface area contributed by atoms with E-state index in [-0.39, 0.29) is 5.92 Å². The van der Waals surface area contributed by atoms with Gasteiger partial charge in [0.15, 0.2) is 0 Å². The Morgan fingerprint density at radius 1 is 1.43 bits per heavy atom. The third-order valence-corrected chi connectivity index (χ3v) is 2.81. The van der Waals surface area contributed by atoms with E-state index in [1.54, 1.807) is 0 Å². The average Bonchev–Trinajstić information content (AvgIpc) is 2.25. The van der Waals surface area contributed by atoms with Crippen molar-refractivity contribution >= 4 is 5.71 Å². The molecule has 1 rings (SSSR count). The SMILES string of the molecule is CCCCC/N=C1\CCCCC1C#N. The maximum absolute atomic E-state index is 8.93. The fraction of sp³-hybridized carbons (Fsp3) is 0.833. The Morgan fingerprint density at radius 2 is 2.29 bits per heavy atom. The summed E-state index contributed by atoms with van der Waals surface area (Å²) in [6.07, 6.45) is 8.20. The van der Waals surface area contributed by atoms with Gasteiger partial charge in [-0.15, -0.1) is 0 Å². The highest BCUT2D eigenvalue weighted by atomic mass is 14.7. The standard InChI is InChI=1S/C12H20N2/c1-2-3-6-9-14-12-8-5-4-7-11(12)10-13/h11H,2-9H2,1H3/b14-12+. The second-order valence-corrected chi connectivity index (χ2v) is 4.01. The Hall–Kier alpha value is -0.840. The van der Waals surface area contributed by atoms with Crippen LogP contribution in [0.2, 0.25) is 0 Å². The fourth-order valence-corrected chi connectivity index (χ4v) is 1.91. The minimum absolute atomic E-state index is 0.130. The molecular weight excluding hydrogens is 172 g/mol. The Morgan fingerprint density at radius 3 is 3.00 bits per heavy atom. The largest absolute Gasteiger partial charge is 0.293 e. The Balaban J connectivity index is 2.35. The highest BCUT2D eigenvalue weighted by Crippen LogP contribution is 2.21. The number of nitriles is 1. The first-order chi connectivity index (χ1) is 6.88. The van der Waals surface area contributed by atoms with E-state index in [0.717, 1.165) is 19.4 Å². The molecule has 1 aliphatic carbocycles. The van der Waals surface area contributed by atoms with E-state index in [2.05, 4.69) is 18.0 Å². The van der Waals surface area contributed by atoms with Gasteiger partial charge in [-0.3, -0.25) is 4.99 Å². The van der Waals surface area contributed by atoms with Gasteiger partial charge in [0.1, 0.15) is 0 Å². The zero-order valence-electron chi connectivity index (χ0n) is 9.13. The van der Waals surface area contributed by atoms with Gasteiger partial charge in [0.2, 0.25) is 0 Å². The molecule has 0 aromatic rings. The van der Waals surface area contributed by atoms with Crippen LogP contribution in [-0.2, 0) is 0 Å². The van der Waals surface area contributed by atoms with Crippen molar-refractivity contribution in [3.05, 3.63) is 0 Å². The molecule has 0 N–H and O–H groups in total. The molecule has 0 heterocycles. The predicted molar refractivity (Wildman–Crippen MR) is 59.4 cm³/mol. The van der Waals surface area contributed by atoms with Gasteiger partial charge in [0.05, 0.1) is 12.0 Å². The lowest BCUT2D eigenvalue weighted by Gasteiger charge is -2.17. The number of hydrogen-bond acceptors (Lipinski definition) is 2. The zero-order valence-corrected chi connectivity index (χ0v) is 9.13. The molecule has 78 valence electrons. The van der Waals surface area contributed by atoms with Crippen LogP contribution in [0.15, 0.2) is 4.99 Å². The molecule has 0 aromatic carbocycles. The minimum atomic E-state index is 0.130. The molecule has 0 saturated heterocycles. The first-order valence-corrected chi connectivity index (χ1v) is 5.81. The molecule has 0 bridgehead atoms. The smallest absolute Gasteiger partial charge is 0.0841 e. The van der Waals surface area contributed by atoms with Gasteiger partial charge >= 0.3 is 0 Å². The number of rotatable bonds is 4.